The number of anilines is 1. The van der Waals surface area contributed by atoms with E-state index in [4.69, 9.17) is 5.73 Å². The molecule has 4 heteroatoms. The molecule has 0 spiro atoms. The third-order valence-corrected chi connectivity index (χ3v) is 3.34. The van der Waals surface area contributed by atoms with Gasteiger partial charge in [-0.2, -0.15) is 0 Å². The second-order valence-electron chi connectivity index (χ2n) is 4.81. The molecule has 0 radical (unpaired) electrons. The van der Waals surface area contributed by atoms with Crippen LogP contribution in [0, 0.1) is 5.41 Å². The third-order valence-electron chi connectivity index (χ3n) is 3.34. The first-order chi connectivity index (χ1) is 7.61. The molecule has 1 aliphatic carbocycles. The molecule has 1 aromatic heterocycles. The number of nitrogens with zero attached hydrogens (tertiary/aromatic N) is 1. The maximum absolute atomic E-state index is 11.8. The van der Waals surface area contributed by atoms with Gasteiger partial charge in [0.1, 0.15) is 0 Å². The zero-order chi connectivity index (χ0) is 11.6. The number of nitrogens with two attached hydrogens (primary N) is 1. The fourth-order valence-corrected chi connectivity index (χ4v) is 1.94. The Morgan fingerprint density at radius 1 is 1.62 bits per heavy atom. The summed E-state index contributed by atoms with van der Waals surface area (Å²) in [5.74, 6) is -0.126. The maximum atomic E-state index is 11.8. The van der Waals surface area contributed by atoms with Crippen molar-refractivity contribution >= 4 is 11.6 Å². The second kappa shape index (κ2) is 4.12. The summed E-state index contributed by atoms with van der Waals surface area (Å²) in [7, 11) is 0. The van der Waals surface area contributed by atoms with Gasteiger partial charge < -0.3 is 11.1 Å². The summed E-state index contributed by atoms with van der Waals surface area (Å²) in [4.78, 5) is 15.7. The number of pyridine rings is 1. The number of nitrogen functional groups attached to an aromatic ring is 1. The van der Waals surface area contributed by atoms with Crippen molar-refractivity contribution in [3.8, 4) is 0 Å². The van der Waals surface area contributed by atoms with Gasteiger partial charge in [0.2, 0.25) is 0 Å². The Morgan fingerprint density at radius 3 is 2.94 bits per heavy atom. The van der Waals surface area contributed by atoms with Gasteiger partial charge in [0.15, 0.2) is 0 Å². The Hall–Kier alpha value is -1.58. The molecular weight excluding hydrogens is 202 g/mol. The van der Waals surface area contributed by atoms with Gasteiger partial charge in [0, 0.05) is 24.6 Å². The molecular formula is C12H17N3O. The largest absolute Gasteiger partial charge is 0.398 e. The van der Waals surface area contributed by atoms with Crippen LogP contribution in [0.1, 0.15) is 36.5 Å². The molecule has 1 saturated carbocycles. The predicted molar refractivity (Wildman–Crippen MR) is 62.9 cm³/mol. The van der Waals surface area contributed by atoms with E-state index < -0.39 is 0 Å². The van der Waals surface area contributed by atoms with E-state index in [0.717, 1.165) is 6.54 Å². The molecule has 1 aliphatic rings. The quantitative estimate of drug-likeness (QED) is 0.811. The fraction of sp³-hybridized carbons (Fsp3) is 0.500. The molecule has 0 unspecified atom stereocenters. The van der Waals surface area contributed by atoms with E-state index in [1.54, 1.807) is 12.3 Å². The number of amides is 1. The van der Waals surface area contributed by atoms with Crippen LogP contribution in [0.2, 0.25) is 0 Å². The van der Waals surface area contributed by atoms with Gasteiger partial charge in [-0.05, 0) is 24.3 Å². The summed E-state index contributed by atoms with van der Waals surface area (Å²) in [6.45, 7) is 2.92. The number of nitrogens with one attached hydrogen (secondary N) is 1. The van der Waals surface area contributed by atoms with Gasteiger partial charge in [-0.25, -0.2) is 0 Å². The average Bonchev–Trinajstić information content (AvgIpc) is 2.24. The molecule has 86 valence electrons. The van der Waals surface area contributed by atoms with Gasteiger partial charge >= 0.3 is 0 Å². The summed E-state index contributed by atoms with van der Waals surface area (Å²) in [5.41, 5.74) is 6.93. The summed E-state index contributed by atoms with van der Waals surface area (Å²) in [6.07, 6.45) is 6.74. The lowest BCUT2D eigenvalue weighted by Gasteiger charge is -2.38. The monoisotopic (exact) mass is 219 g/mol. The van der Waals surface area contributed by atoms with Crippen LogP contribution in [0.25, 0.3) is 0 Å². The number of carbonyl (C=O) groups is 1. The lowest BCUT2D eigenvalue weighted by atomic mass is 9.70. The normalized spacial score (nSPS) is 17.6. The van der Waals surface area contributed by atoms with Crippen molar-refractivity contribution in [2.24, 2.45) is 5.41 Å². The van der Waals surface area contributed by atoms with E-state index in [0.29, 0.717) is 11.3 Å². The molecule has 1 aromatic rings. The van der Waals surface area contributed by atoms with Crippen LogP contribution in [0.3, 0.4) is 0 Å². The Kier molecular flexibility index (Phi) is 2.81. The Morgan fingerprint density at radius 2 is 2.38 bits per heavy atom. The minimum Gasteiger partial charge on any atom is -0.398 e. The number of hydrogen-bond donors (Lipinski definition) is 2. The van der Waals surface area contributed by atoms with Crippen LogP contribution in [0.15, 0.2) is 18.5 Å². The number of hydrogen-bond acceptors (Lipinski definition) is 3. The molecule has 0 atom stereocenters. The molecule has 0 saturated heterocycles. The highest BCUT2D eigenvalue weighted by Gasteiger charge is 2.32. The van der Waals surface area contributed by atoms with Gasteiger partial charge in [-0.15, -0.1) is 0 Å². The van der Waals surface area contributed by atoms with Gasteiger partial charge in [0.05, 0.1) is 5.56 Å². The van der Waals surface area contributed by atoms with Crippen molar-refractivity contribution < 1.29 is 4.79 Å². The molecule has 2 rings (SSSR count). The fourth-order valence-electron chi connectivity index (χ4n) is 1.94. The van der Waals surface area contributed by atoms with Crippen LogP contribution >= 0.6 is 0 Å². The standard InChI is InChI=1S/C12H17N3O/c1-12(4-2-5-12)8-15-11(16)9-7-14-6-3-10(9)13/h3,6-7H,2,4-5,8H2,1H3,(H2,13,14)(H,15,16). The summed E-state index contributed by atoms with van der Waals surface area (Å²) < 4.78 is 0. The highest BCUT2D eigenvalue weighted by molar-refractivity contribution is 5.98. The van der Waals surface area contributed by atoms with Gasteiger partial charge in [0.25, 0.3) is 5.91 Å². The van der Waals surface area contributed by atoms with Crippen molar-refractivity contribution in [3.05, 3.63) is 24.0 Å². The molecule has 0 aliphatic heterocycles. The van der Waals surface area contributed by atoms with Crippen molar-refractivity contribution in [2.45, 2.75) is 26.2 Å². The highest BCUT2D eigenvalue weighted by atomic mass is 16.1. The van der Waals surface area contributed by atoms with Crippen molar-refractivity contribution in [2.75, 3.05) is 12.3 Å². The highest BCUT2D eigenvalue weighted by Crippen LogP contribution is 2.39. The lowest BCUT2D eigenvalue weighted by Crippen LogP contribution is -2.40. The van der Waals surface area contributed by atoms with E-state index in [2.05, 4.69) is 17.2 Å². The number of aromatic nitrogens is 1. The lowest BCUT2D eigenvalue weighted by molar-refractivity contribution is 0.0891. The Balaban J connectivity index is 1.96. The average molecular weight is 219 g/mol. The van der Waals surface area contributed by atoms with Crippen LogP contribution in [0.4, 0.5) is 5.69 Å². The van der Waals surface area contributed by atoms with E-state index in [1.807, 2.05) is 0 Å². The van der Waals surface area contributed by atoms with Gasteiger partial charge in [-0.1, -0.05) is 13.3 Å². The predicted octanol–water partition coefficient (Wildman–Crippen LogP) is 1.58. The van der Waals surface area contributed by atoms with E-state index in [9.17, 15) is 4.79 Å². The number of carbonyl (C=O) groups excluding carboxylic acids is 1. The molecule has 1 fully saturated rings. The van der Waals surface area contributed by atoms with E-state index in [-0.39, 0.29) is 11.3 Å². The van der Waals surface area contributed by atoms with Crippen LogP contribution in [-0.4, -0.2) is 17.4 Å². The zero-order valence-corrected chi connectivity index (χ0v) is 9.49. The second-order valence-corrected chi connectivity index (χ2v) is 4.81. The third kappa shape index (κ3) is 2.15. The molecule has 3 N–H and O–H groups in total. The Labute approximate surface area is 95.3 Å². The SMILES string of the molecule is CC1(CNC(=O)c2cnccc2N)CCC1. The van der Waals surface area contributed by atoms with Crippen molar-refractivity contribution in [3.63, 3.8) is 0 Å². The van der Waals surface area contributed by atoms with Crippen LogP contribution in [0.5, 0.6) is 0 Å². The molecule has 0 aromatic carbocycles. The smallest absolute Gasteiger partial charge is 0.254 e. The first-order valence-electron chi connectivity index (χ1n) is 5.58. The van der Waals surface area contributed by atoms with Gasteiger partial charge in [-0.3, -0.25) is 9.78 Å². The molecule has 1 amide bonds. The molecule has 1 heterocycles. The number of rotatable bonds is 3. The molecule has 0 bridgehead atoms. The van der Waals surface area contributed by atoms with Crippen LogP contribution < -0.4 is 11.1 Å². The van der Waals surface area contributed by atoms with Crippen molar-refractivity contribution in [1.82, 2.24) is 10.3 Å². The van der Waals surface area contributed by atoms with Crippen molar-refractivity contribution in [1.29, 1.82) is 0 Å². The van der Waals surface area contributed by atoms with E-state index in [1.165, 1.54) is 25.5 Å². The summed E-state index contributed by atoms with van der Waals surface area (Å²) >= 11 is 0. The maximum Gasteiger partial charge on any atom is 0.254 e. The minimum atomic E-state index is -0.126. The summed E-state index contributed by atoms with van der Waals surface area (Å²) in [6, 6.07) is 1.64. The summed E-state index contributed by atoms with van der Waals surface area (Å²) in [5, 5.41) is 2.92. The first-order valence-corrected chi connectivity index (χ1v) is 5.58. The molecule has 16 heavy (non-hydrogen) atoms. The minimum absolute atomic E-state index is 0.126. The molecule has 4 nitrogen and oxygen atoms in total. The Bertz CT molecular complexity index is 399. The van der Waals surface area contributed by atoms with Crippen LogP contribution in [-0.2, 0) is 0 Å². The zero-order valence-electron chi connectivity index (χ0n) is 9.49. The topological polar surface area (TPSA) is 68.0 Å². The first kappa shape index (κ1) is 10.9. The van der Waals surface area contributed by atoms with E-state index >= 15 is 0 Å².